The van der Waals surface area contributed by atoms with Gasteiger partial charge in [-0.05, 0) is 31.2 Å². The van der Waals surface area contributed by atoms with Crippen LogP contribution in [0.5, 0.6) is 0 Å². The predicted octanol–water partition coefficient (Wildman–Crippen LogP) is 1.26. The minimum absolute atomic E-state index is 0.182. The van der Waals surface area contributed by atoms with E-state index in [9.17, 15) is 10.2 Å². The molecule has 0 aromatic heterocycles. The fraction of sp³-hybridized carbons (Fsp3) is 1.00. The van der Waals surface area contributed by atoms with Gasteiger partial charge in [-0.3, -0.25) is 10.6 Å². The average Bonchev–Trinajstić information content (AvgIpc) is 2.39. The van der Waals surface area contributed by atoms with Gasteiger partial charge in [0.1, 0.15) is 6.23 Å². The van der Waals surface area contributed by atoms with Crippen molar-refractivity contribution in [1.82, 2.24) is 10.6 Å². The Labute approximate surface area is 117 Å². The zero-order valence-electron chi connectivity index (χ0n) is 13.0. The summed E-state index contributed by atoms with van der Waals surface area (Å²) in [7, 11) is 1.42. The molecule has 4 atom stereocenters. The lowest BCUT2D eigenvalue weighted by molar-refractivity contribution is -0.117. The predicted molar refractivity (Wildman–Crippen MR) is 77.5 cm³/mol. The van der Waals surface area contributed by atoms with Crippen LogP contribution in [0.15, 0.2) is 0 Å². The van der Waals surface area contributed by atoms with E-state index < -0.39 is 12.6 Å². The summed E-state index contributed by atoms with van der Waals surface area (Å²) < 4.78 is 4.76. The second-order valence-electron chi connectivity index (χ2n) is 5.58. The summed E-state index contributed by atoms with van der Waals surface area (Å²) >= 11 is 0. The SMILES string of the molecule is CC[C@@H](C)CCCN[C@H](O)[C@@H](NC(O)OC)C(C)C. The standard InChI is InChI=1S/C14H32N2O3/c1-6-11(4)8-7-9-15-13(17)12(10(2)3)16-14(18)19-5/h10-18H,6-9H2,1-5H3/t11-,12+,13-,14?/m1/s1. The summed E-state index contributed by atoms with van der Waals surface area (Å²) in [6.07, 6.45) is 1.66. The molecule has 0 aliphatic carbocycles. The van der Waals surface area contributed by atoms with Gasteiger partial charge in [0.15, 0.2) is 0 Å². The van der Waals surface area contributed by atoms with Gasteiger partial charge in [0.2, 0.25) is 6.41 Å². The number of rotatable bonds is 11. The van der Waals surface area contributed by atoms with E-state index in [-0.39, 0.29) is 12.0 Å². The fourth-order valence-electron chi connectivity index (χ4n) is 1.91. The maximum atomic E-state index is 10.1. The van der Waals surface area contributed by atoms with E-state index in [1.165, 1.54) is 13.5 Å². The molecular weight excluding hydrogens is 244 g/mol. The summed E-state index contributed by atoms with van der Waals surface area (Å²) in [6.45, 7) is 9.19. The molecule has 5 nitrogen and oxygen atoms in total. The van der Waals surface area contributed by atoms with E-state index in [1.54, 1.807) is 0 Å². The number of ether oxygens (including phenoxy) is 1. The lowest BCUT2D eigenvalue weighted by atomic mass is 10.0. The first-order chi connectivity index (χ1) is 8.92. The summed E-state index contributed by atoms with van der Waals surface area (Å²) in [5, 5.41) is 25.5. The van der Waals surface area contributed by atoms with Crippen LogP contribution >= 0.6 is 0 Å². The highest BCUT2D eigenvalue weighted by Gasteiger charge is 2.24. The zero-order valence-corrected chi connectivity index (χ0v) is 13.0. The van der Waals surface area contributed by atoms with Crippen molar-refractivity contribution in [3.05, 3.63) is 0 Å². The van der Waals surface area contributed by atoms with Gasteiger partial charge in [-0.2, -0.15) is 0 Å². The highest BCUT2D eigenvalue weighted by Crippen LogP contribution is 2.09. The maximum absolute atomic E-state index is 10.1. The summed E-state index contributed by atoms with van der Waals surface area (Å²) in [5.41, 5.74) is 0. The monoisotopic (exact) mass is 276 g/mol. The summed E-state index contributed by atoms with van der Waals surface area (Å²) in [4.78, 5) is 0. The van der Waals surface area contributed by atoms with Crippen LogP contribution in [-0.4, -0.2) is 42.6 Å². The van der Waals surface area contributed by atoms with Crippen LogP contribution < -0.4 is 10.6 Å². The van der Waals surface area contributed by atoms with Crippen LogP contribution in [0.1, 0.15) is 47.0 Å². The average molecular weight is 276 g/mol. The molecule has 0 aliphatic heterocycles. The Morgan fingerprint density at radius 1 is 1.16 bits per heavy atom. The van der Waals surface area contributed by atoms with Gasteiger partial charge in [0, 0.05) is 7.11 Å². The molecule has 19 heavy (non-hydrogen) atoms. The second kappa shape index (κ2) is 10.6. The van der Waals surface area contributed by atoms with Crippen LogP contribution in [0, 0.1) is 11.8 Å². The van der Waals surface area contributed by atoms with Gasteiger partial charge in [-0.25, -0.2) is 0 Å². The minimum atomic E-state index is -1.05. The largest absolute Gasteiger partial charge is 0.377 e. The van der Waals surface area contributed by atoms with Gasteiger partial charge < -0.3 is 14.9 Å². The molecule has 0 spiro atoms. The number of methoxy groups -OCH3 is 1. The summed E-state index contributed by atoms with van der Waals surface area (Å²) in [5.74, 6) is 0.912. The number of hydrogen-bond donors (Lipinski definition) is 4. The van der Waals surface area contributed by atoms with Crippen LogP contribution in [0.4, 0.5) is 0 Å². The van der Waals surface area contributed by atoms with Crippen molar-refractivity contribution in [1.29, 1.82) is 0 Å². The molecular formula is C14H32N2O3. The Morgan fingerprint density at radius 3 is 2.26 bits per heavy atom. The molecule has 0 heterocycles. The van der Waals surface area contributed by atoms with Crippen LogP contribution in [0.25, 0.3) is 0 Å². The molecule has 0 rings (SSSR count). The van der Waals surface area contributed by atoms with Gasteiger partial charge >= 0.3 is 0 Å². The molecule has 0 aromatic carbocycles. The smallest absolute Gasteiger partial charge is 0.213 e. The number of aliphatic hydroxyl groups excluding tert-OH is 2. The molecule has 0 aromatic rings. The molecule has 0 saturated carbocycles. The maximum Gasteiger partial charge on any atom is 0.213 e. The van der Waals surface area contributed by atoms with E-state index in [0.29, 0.717) is 0 Å². The van der Waals surface area contributed by atoms with Gasteiger partial charge in [0.05, 0.1) is 6.04 Å². The third kappa shape index (κ3) is 8.55. The molecule has 0 amide bonds. The molecule has 0 saturated heterocycles. The Kier molecular flexibility index (Phi) is 10.5. The highest BCUT2D eigenvalue weighted by atomic mass is 16.6. The second-order valence-corrected chi connectivity index (χ2v) is 5.58. The quantitative estimate of drug-likeness (QED) is 0.338. The Bertz CT molecular complexity index is 215. The first-order valence-corrected chi connectivity index (χ1v) is 7.30. The molecule has 0 aliphatic rings. The van der Waals surface area contributed by atoms with Crippen molar-refractivity contribution in [3.8, 4) is 0 Å². The third-order valence-corrected chi connectivity index (χ3v) is 3.54. The molecule has 5 heteroatoms. The Hall–Kier alpha value is -0.200. The van der Waals surface area contributed by atoms with Gasteiger partial charge in [-0.15, -0.1) is 0 Å². The zero-order chi connectivity index (χ0) is 14.8. The fourth-order valence-corrected chi connectivity index (χ4v) is 1.91. The molecule has 1 unspecified atom stereocenters. The molecule has 116 valence electrons. The molecule has 0 radical (unpaired) electrons. The van der Waals surface area contributed by atoms with Gasteiger partial charge in [0.25, 0.3) is 0 Å². The first-order valence-electron chi connectivity index (χ1n) is 7.30. The van der Waals surface area contributed by atoms with Crippen molar-refractivity contribution in [2.45, 2.75) is 65.6 Å². The lowest BCUT2D eigenvalue weighted by Crippen LogP contribution is -2.54. The van der Waals surface area contributed by atoms with E-state index in [2.05, 4.69) is 24.5 Å². The number of aliphatic hydroxyl groups is 2. The van der Waals surface area contributed by atoms with E-state index in [0.717, 1.165) is 25.3 Å². The Balaban J connectivity index is 4.01. The van der Waals surface area contributed by atoms with Crippen molar-refractivity contribution < 1.29 is 14.9 Å². The van der Waals surface area contributed by atoms with Crippen LogP contribution in [-0.2, 0) is 4.74 Å². The third-order valence-electron chi connectivity index (χ3n) is 3.54. The van der Waals surface area contributed by atoms with Crippen LogP contribution in [0.2, 0.25) is 0 Å². The van der Waals surface area contributed by atoms with E-state index in [4.69, 9.17) is 4.74 Å². The summed E-state index contributed by atoms with van der Waals surface area (Å²) in [6, 6.07) is -0.251. The van der Waals surface area contributed by atoms with Crippen molar-refractivity contribution in [3.63, 3.8) is 0 Å². The van der Waals surface area contributed by atoms with Gasteiger partial charge in [-0.1, -0.05) is 34.1 Å². The van der Waals surface area contributed by atoms with E-state index in [1.807, 2.05) is 13.8 Å². The van der Waals surface area contributed by atoms with Crippen molar-refractivity contribution >= 4 is 0 Å². The number of hydrogen-bond acceptors (Lipinski definition) is 5. The topological polar surface area (TPSA) is 73.8 Å². The molecule has 0 bridgehead atoms. The van der Waals surface area contributed by atoms with Crippen molar-refractivity contribution in [2.75, 3.05) is 13.7 Å². The lowest BCUT2D eigenvalue weighted by Gasteiger charge is -2.30. The van der Waals surface area contributed by atoms with E-state index >= 15 is 0 Å². The minimum Gasteiger partial charge on any atom is -0.377 e. The first kappa shape index (κ1) is 18.8. The van der Waals surface area contributed by atoms with Crippen LogP contribution in [0.3, 0.4) is 0 Å². The highest BCUT2D eigenvalue weighted by molar-refractivity contribution is 4.77. The Morgan fingerprint density at radius 2 is 1.79 bits per heavy atom. The molecule has 4 N–H and O–H groups in total. The van der Waals surface area contributed by atoms with Crippen molar-refractivity contribution in [2.24, 2.45) is 11.8 Å². The number of nitrogens with one attached hydrogen (secondary N) is 2. The molecule has 0 fully saturated rings. The normalized spacial score (nSPS) is 18.3.